The van der Waals surface area contributed by atoms with E-state index in [1.165, 1.54) is 12.5 Å². The summed E-state index contributed by atoms with van der Waals surface area (Å²) in [6.07, 6.45) is 1.25. The average molecular weight is 322 g/mol. The maximum Gasteiger partial charge on any atom is 0.327 e. The van der Waals surface area contributed by atoms with Crippen molar-refractivity contribution in [2.24, 2.45) is 0 Å². The zero-order valence-corrected chi connectivity index (χ0v) is 13.6. The summed E-state index contributed by atoms with van der Waals surface area (Å²) < 4.78 is -0.704. The number of hydrogen-bond donors (Lipinski definition) is 3. The molecule has 0 saturated carbocycles. The quantitative estimate of drug-likeness (QED) is 0.719. The number of hydrogen-bond acceptors (Lipinski definition) is 4. The number of carbonyl (C=O) groups is 2. The Hall–Kier alpha value is -1.53. The van der Waals surface area contributed by atoms with Crippen molar-refractivity contribution in [3.05, 3.63) is 35.9 Å². The molecule has 120 valence electrons. The maximum atomic E-state index is 11.4. The minimum atomic E-state index is -1.03. The predicted octanol–water partition coefficient (Wildman–Crippen LogP) is 1.54. The highest BCUT2D eigenvalue weighted by atomic mass is 32.1. The van der Waals surface area contributed by atoms with Gasteiger partial charge in [-0.15, -0.1) is 0 Å². The first-order valence-corrected chi connectivity index (χ1v) is 7.84. The second-order valence-corrected chi connectivity index (χ2v) is 6.73. The molecule has 1 heterocycles. The normalized spacial score (nSPS) is 19.4. The van der Waals surface area contributed by atoms with Crippen LogP contribution in [0.15, 0.2) is 30.3 Å². The lowest BCUT2D eigenvalue weighted by Gasteiger charge is -2.41. The first-order valence-electron chi connectivity index (χ1n) is 7.39. The molecule has 6 heteroatoms. The van der Waals surface area contributed by atoms with E-state index in [-0.39, 0.29) is 5.91 Å². The minimum Gasteiger partial charge on any atom is -0.480 e. The molecule has 0 spiro atoms. The molecule has 0 aliphatic carbocycles. The lowest BCUT2D eigenvalue weighted by atomic mass is 9.87. The highest BCUT2D eigenvalue weighted by Crippen LogP contribution is 2.33. The largest absolute Gasteiger partial charge is 0.480 e. The smallest absolute Gasteiger partial charge is 0.327 e. The van der Waals surface area contributed by atoms with Crippen LogP contribution in [0, 0.1) is 0 Å². The molecule has 0 aromatic heterocycles. The molecule has 1 fully saturated rings. The van der Waals surface area contributed by atoms with Crippen LogP contribution in [-0.4, -0.2) is 45.8 Å². The van der Waals surface area contributed by atoms with Crippen molar-refractivity contribution >= 4 is 24.5 Å². The van der Waals surface area contributed by atoms with Gasteiger partial charge in [-0.05, 0) is 31.5 Å². The molecule has 1 aromatic carbocycles. The minimum absolute atomic E-state index is 0.340. The van der Waals surface area contributed by atoms with E-state index in [1.807, 2.05) is 18.2 Å². The number of likely N-dealkylation sites (tertiary alicyclic amines) is 1. The van der Waals surface area contributed by atoms with Crippen LogP contribution in [0.2, 0.25) is 0 Å². The number of nitrogens with zero attached hydrogens (tertiary/aromatic N) is 1. The Labute approximate surface area is 136 Å². The molecule has 0 bridgehead atoms. The molecule has 0 radical (unpaired) electrons. The first-order chi connectivity index (χ1) is 10.4. The van der Waals surface area contributed by atoms with Crippen LogP contribution in [0.3, 0.4) is 0 Å². The molecule has 1 atom stereocenters. The number of aliphatic carboxylic acids is 1. The number of amides is 1. The zero-order chi connectivity index (χ0) is 16.2. The van der Waals surface area contributed by atoms with Crippen LogP contribution >= 0.6 is 12.6 Å². The van der Waals surface area contributed by atoms with E-state index < -0.39 is 16.8 Å². The summed E-state index contributed by atoms with van der Waals surface area (Å²) in [4.78, 5) is 25.0. The highest BCUT2D eigenvalue weighted by Gasteiger charge is 2.43. The molecule has 1 aliphatic rings. The summed E-state index contributed by atoms with van der Waals surface area (Å²) in [6.45, 7) is 3.71. The second-order valence-electron chi connectivity index (χ2n) is 5.84. The van der Waals surface area contributed by atoms with Crippen molar-refractivity contribution < 1.29 is 14.7 Å². The SMILES string of the molecule is CC(=O)N[C@H](C(=O)O)C1(S)CCN(Cc2ccccc2)CC1. The summed E-state index contributed by atoms with van der Waals surface area (Å²) in [5.74, 6) is -1.37. The first kappa shape index (κ1) is 16.8. The van der Waals surface area contributed by atoms with Crippen LogP contribution in [0.25, 0.3) is 0 Å². The molecule has 2 N–H and O–H groups in total. The molecule has 1 amide bonds. The van der Waals surface area contributed by atoms with Gasteiger partial charge in [0.25, 0.3) is 0 Å². The van der Waals surface area contributed by atoms with Gasteiger partial charge < -0.3 is 10.4 Å². The van der Waals surface area contributed by atoms with Crippen LogP contribution in [0.5, 0.6) is 0 Å². The number of carbonyl (C=O) groups excluding carboxylic acids is 1. The van der Waals surface area contributed by atoms with Gasteiger partial charge in [0.2, 0.25) is 5.91 Å². The Kier molecular flexibility index (Phi) is 5.47. The molecule has 0 unspecified atom stereocenters. The zero-order valence-electron chi connectivity index (χ0n) is 12.7. The van der Waals surface area contributed by atoms with Gasteiger partial charge in [-0.25, -0.2) is 4.79 Å². The fourth-order valence-corrected chi connectivity index (χ4v) is 3.23. The van der Waals surface area contributed by atoms with E-state index >= 15 is 0 Å². The van der Waals surface area contributed by atoms with Crippen molar-refractivity contribution in [2.75, 3.05) is 13.1 Å². The Bertz CT molecular complexity index is 527. The molecule has 1 aliphatic heterocycles. The maximum absolute atomic E-state index is 11.4. The van der Waals surface area contributed by atoms with Crippen molar-refractivity contribution in [3.8, 4) is 0 Å². The molecule has 5 nitrogen and oxygen atoms in total. The summed E-state index contributed by atoms with van der Waals surface area (Å²) in [5, 5.41) is 11.9. The van der Waals surface area contributed by atoms with Crippen molar-refractivity contribution in [1.29, 1.82) is 0 Å². The van der Waals surface area contributed by atoms with Crippen molar-refractivity contribution in [3.63, 3.8) is 0 Å². The van der Waals surface area contributed by atoms with E-state index in [9.17, 15) is 14.7 Å². The lowest BCUT2D eigenvalue weighted by molar-refractivity contribution is -0.143. The number of carboxylic acids is 1. The highest BCUT2D eigenvalue weighted by molar-refractivity contribution is 7.82. The van der Waals surface area contributed by atoms with Gasteiger partial charge in [-0.2, -0.15) is 12.6 Å². The molecule has 1 aromatic rings. The summed E-state index contributed by atoms with van der Waals surface area (Å²) in [7, 11) is 0. The van der Waals surface area contributed by atoms with Gasteiger partial charge in [0.15, 0.2) is 0 Å². The van der Waals surface area contributed by atoms with Crippen LogP contribution < -0.4 is 5.32 Å². The van der Waals surface area contributed by atoms with Gasteiger partial charge in [-0.1, -0.05) is 30.3 Å². The third kappa shape index (κ3) is 4.24. The van der Waals surface area contributed by atoms with Gasteiger partial charge in [0.05, 0.1) is 0 Å². The molecular formula is C16H22N2O3S. The van der Waals surface area contributed by atoms with E-state index in [0.717, 1.165) is 19.6 Å². The standard InChI is InChI=1S/C16H22N2O3S/c1-12(19)17-14(15(20)21)16(22)7-9-18(10-8-16)11-13-5-3-2-4-6-13/h2-6,14,22H,7-11H2,1H3,(H,17,19)(H,20,21)/t14-/m1/s1. The average Bonchev–Trinajstić information content (AvgIpc) is 2.48. The fraction of sp³-hybridized carbons (Fsp3) is 0.500. The molecule has 22 heavy (non-hydrogen) atoms. The molecule has 2 rings (SSSR count). The second kappa shape index (κ2) is 7.15. The van der Waals surface area contributed by atoms with E-state index in [0.29, 0.717) is 12.8 Å². The van der Waals surface area contributed by atoms with Crippen LogP contribution in [0.4, 0.5) is 0 Å². The van der Waals surface area contributed by atoms with Crippen molar-refractivity contribution in [1.82, 2.24) is 10.2 Å². The Morgan fingerprint density at radius 3 is 2.41 bits per heavy atom. The summed E-state index contributed by atoms with van der Waals surface area (Å²) >= 11 is 4.60. The van der Waals surface area contributed by atoms with Crippen molar-refractivity contribution in [2.45, 2.75) is 37.1 Å². The van der Waals surface area contributed by atoms with Gasteiger partial charge in [0, 0.05) is 18.2 Å². The summed E-state index contributed by atoms with van der Waals surface area (Å²) in [5.41, 5.74) is 1.24. The number of thiol groups is 1. The predicted molar refractivity (Wildman–Crippen MR) is 87.9 cm³/mol. The molecular weight excluding hydrogens is 300 g/mol. The van der Waals surface area contributed by atoms with Crippen LogP contribution in [-0.2, 0) is 16.1 Å². The molecule has 1 saturated heterocycles. The fourth-order valence-electron chi connectivity index (χ4n) is 2.86. The number of nitrogens with one attached hydrogen (secondary N) is 1. The summed E-state index contributed by atoms with van der Waals surface area (Å²) in [6, 6.07) is 9.23. The number of rotatable bonds is 5. The topological polar surface area (TPSA) is 69.6 Å². The number of benzene rings is 1. The van der Waals surface area contributed by atoms with Gasteiger partial charge >= 0.3 is 5.97 Å². The van der Waals surface area contributed by atoms with E-state index in [1.54, 1.807) is 0 Å². The third-order valence-electron chi connectivity index (χ3n) is 4.10. The Morgan fingerprint density at radius 1 is 1.32 bits per heavy atom. The van der Waals surface area contributed by atoms with Gasteiger partial charge in [-0.3, -0.25) is 9.69 Å². The monoisotopic (exact) mass is 322 g/mol. The van der Waals surface area contributed by atoms with E-state index in [4.69, 9.17) is 0 Å². The Morgan fingerprint density at radius 2 is 1.91 bits per heavy atom. The van der Waals surface area contributed by atoms with Crippen LogP contribution in [0.1, 0.15) is 25.3 Å². The number of piperidine rings is 1. The third-order valence-corrected chi connectivity index (χ3v) is 4.81. The van der Waals surface area contributed by atoms with E-state index in [2.05, 4.69) is 35.0 Å². The Balaban J connectivity index is 1.97. The van der Waals surface area contributed by atoms with Gasteiger partial charge in [0.1, 0.15) is 6.04 Å². The lowest BCUT2D eigenvalue weighted by Crippen LogP contribution is -2.57. The number of carboxylic acid groups (broad SMARTS) is 1.